The summed E-state index contributed by atoms with van der Waals surface area (Å²) in [6.07, 6.45) is 2.03. The number of nitrogens with one attached hydrogen (secondary N) is 1. The van der Waals surface area contributed by atoms with Gasteiger partial charge in [-0.2, -0.15) is 0 Å². The van der Waals surface area contributed by atoms with E-state index in [0.717, 1.165) is 23.6 Å². The lowest BCUT2D eigenvalue weighted by atomic mass is 10.1. The van der Waals surface area contributed by atoms with Crippen molar-refractivity contribution in [2.75, 3.05) is 20.3 Å². The molecule has 1 aromatic rings. The topological polar surface area (TPSA) is 44.7 Å². The molecule has 17 heavy (non-hydrogen) atoms. The molecule has 1 atom stereocenters. The number of aliphatic hydroxyl groups excluding tert-OH is 1. The Hall–Kier alpha value is -1.52. The van der Waals surface area contributed by atoms with Gasteiger partial charge in [0.1, 0.15) is 5.75 Å². The van der Waals surface area contributed by atoms with Crippen LogP contribution >= 0.6 is 0 Å². The molecule has 2 N–H and O–H groups in total. The zero-order chi connectivity index (χ0) is 12.3. The van der Waals surface area contributed by atoms with E-state index in [1.807, 2.05) is 35.4 Å². The number of benzene rings is 1. The van der Waals surface area contributed by atoms with Gasteiger partial charge in [-0.05, 0) is 25.1 Å². The maximum atomic E-state index is 9.21. The van der Waals surface area contributed by atoms with Gasteiger partial charge in [-0.25, -0.2) is 5.43 Å². The smallest absolute Gasteiger partial charge is 0.128 e. The van der Waals surface area contributed by atoms with Gasteiger partial charge < -0.3 is 14.9 Å². The van der Waals surface area contributed by atoms with Crippen LogP contribution in [0.4, 0.5) is 0 Å². The standard InChI is InChI=1S/C13H18N2O2/c1-3-15-12(8-10(9-16)14-15)11-6-4-5-7-13(11)17-2/h4-8,10,14,16H,3,9H2,1-2H3. The van der Waals surface area contributed by atoms with Crippen LogP contribution in [0.3, 0.4) is 0 Å². The lowest BCUT2D eigenvalue weighted by molar-refractivity contribution is 0.216. The van der Waals surface area contributed by atoms with Gasteiger partial charge in [0, 0.05) is 12.1 Å². The summed E-state index contributed by atoms with van der Waals surface area (Å²) >= 11 is 0. The summed E-state index contributed by atoms with van der Waals surface area (Å²) in [5, 5.41) is 11.2. The summed E-state index contributed by atoms with van der Waals surface area (Å²) in [5.74, 6) is 0.845. The van der Waals surface area contributed by atoms with Crippen molar-refractivity contribution >= 4 is 5.70 Å². The molecule has 0 saturated heterocycles. The molecule has 0 amide bonds. The zero-order valence-electron chi connectivity index (χ0n) is 10.2. The minimum Gasteiger partial charge on any atom is -0.496 e. The average molecular weight is 234 g/mol. The van der Waals surface area contributed by atoms with E-state index in [0.29, 0.717) is 0 Å². The SMILES string of the molecule is CCN1NC(CO)C=C1c1ccccc1OC. The second kappa shape index (κ2) is 5.21. The Kier molecular flexibility index (Phi) is 3.66. The van der Waals surface area contributed by atoms with Gasteiger partial charge in [-0.3, -0.25) is 0 Å². The third kappa shape index (κ3) is 2.28. The predicted octanol–water partition coefficient (Wildman–Crippen LogP) is 1.24. The normalized spacial score (nSPS) is 19.4. The molecule has 4 nitrogen and oxygen atoms in total. The van der Waals surface area contributed by atoms with Crippen molar-refractivity contribution in [1.82, 2.24) is 10.4 Å². The summed E-state index contributed by atoms with van der Waals surface area (Å²) in [6, 6.07) is 7.88. The van der Waals surface area contributed by atoms with E-state index in [-0.39, 0.29) is 12.6 Å². The van der Waals surface area contributed by atoms with E-state index in [1.165, 1.54) is 0 Å². The predicted molar refractivity (Wildman–Crippen MR) is 67.4 cm³/mol. The van der Waals surface area contributed by atoms with Crippen LogP contribution < -0.4 is 10.2 Å². The van der Waals surface area contributed by atoms with E-state index >= 15 is 0 Å². The van der Waals surface area contributed by atoms with Crippen LogP contribution in [0.5, 0.6) is 5.75 Å². The van der Waals surface area contributed by atoms with E-state index in [1.54, 1.807) is 7.11 Å². The number of aliphatic hydroxyl groups is 1. The van der Waals surface area contributed by atoms with Crippen LogP contribution in [-0.4, -0.2) is 36.4 Å². The lowest BCUT2D eigenvalue weighted by Crippen LogP contribution is -2.38. The number of ether oxygens (including phenoxy) is 1. The Labute approximate surface area is 101 Å². The summed E-state index contributed by atoms with van der Waals surface area (Å²) in [4.78, 5) is 0. The van der Waals surface area contributed by atoms with Crippen LogP contribution in [0.25, 0.3) is 5.70 Å². The number of methoxy groups -OCH3 is 1. The molecule has 0 radical (unpaired) electrons. The average Bonchev–Trinajstić information content (AvgIpc) is 2.81. The highest BCUT2D eigenvalue weighted by Gasteiger charge is 2.23. The van der Waals surface area contributed by atoms with Gasteiger partial charge in [0.15, 0.2) is 0 Å². The minimum atomic E-state index is -0.0186. The highest BCUT2D eigenvalue weighted by molar-refractivity contribution is 5.71. The van der Waals surface area contributed by atoms with Crippen LogP contribution in [-0.2, 0) is 0 Å². The summed E-state index contributed by atoms with van der Waals surface area (Å²) < 4.78 is 5.36. The Balaban J connectivity index is 2.37. The molecule has 0 bridgehead atoms. The third-order valence-corrected chi connectivity index (χ3v) is 2.87. The van der Waals surface area contributed by atoms with Crippen molar-refractivity contribution in [3.63, 3.8) is 0 Å². The summed E-state index contributed by atoms with van der Waals surface area (Å²) in [5.41, 5.74) is 5.33. The molecular weight excluding hydrogens is 216 g/mol. The van der Waals surface area contributed by atoms with Gasteiger partial charge in [0.05, 0.1) is 25.5 Å². The van der Waals surface area contributed by atoms with Gasteiger partial charge in [-0.15, -0.1) is 0 Å². The van der Waals surface area contributed by atoms with Crippen LogP contribution in [0.2, 0.25) is 0 Å². The number of hydrogen-bond acceptors (Lipinski definition) is 4. The quantitative estimate of drug-likeness (QED) is 0.822. The largest absolute Gasteiger partial charge is 0.496 e. The van der Waals surface area contributed by atoms with E-state index in [4.69, 9.17) is 4.74 Å². The van der Waals surface area contributed by atoms with Gasteiger partial charge in [0.25, 0.3) is 0 Å². The maximum Gasteiger partial charge on any atom is 0.128 e. The van der Waals surface area contributed by atoms with E-state index < -0.39 is 0 Å². The Morgan fingerprint density at radius 1 is 1.41 bits per heavy atom. The zero-order valence-corrected chi connectivity index (χ0v) is 10.2. The fraction of sp³-hybridized carbons (Fsp3) is 0.385. The molecule has 4 heteroatoms. The number of para-hydroxylation sites is 1. The second-order valence-electron chi connectivity index (χ2n) is 3.91. The van der Waals surface area contributed by atoms with Crippen molar-refractivity contribution in [2.45, 2.75) is 13.0 Å². The fourth-order valence-corrected chi connectivity index (χ4v) is 2.03. The van der Waals surface area contributed by atoms with Crippen molar-refractivity contribution in [1.29, 1.82) is 0 Å². The molecule has 0 spiro atoms. The molecule has 1 heterocycles. The first-order valence-corrected chi connectivity index (χ1v) is 5.80. The first-order chi connectivity index (χ1) is 8.30. The third-order valence-electron chi connectivity index (χ3n) is 2.87. The summed E-state index contributed by atoms with van der Waals surface area (Å²) in [7, 11) is 1.67. The number of hydrogen-bond donors (Lipinski definition) is 2. The Morgan fingerprint density at radius 3 is 2.82 bits per heavy atom. The number of nitrogens with zero attached hydrogens (tertiary/aromatic N) is 1. The highest BCUT2D eigenvalue weighted by atomic mass is 16.5. The first-order valence-electron chi connectivity index (χ1n) is 5.80. The van der Waals surface area contributed by atoms with Crippen LogP contribution in [0.15, 0.2) is 30.3 Å². The van der Waals surface area contributed by atoms with Crippen molar-refractivity contribution in [3.8, 4) is 5.75 Å². The fourth-order valence-electron chi connectivity index (χ4n) is 2.03. The molecule has 92 valence electrons. The van der Waals surface area contributed by atoms with Crippen molar-refractivity contribution in [2.24, 2.45) is 0 Å². The minimum absolute atomic E-state index is 0.0186. The van der Waals surface area contributed by atoms with Gasteiger partial charge in [-0.1, -0.05) is 12.1 Å². The molecule has 0 fully saturated rings. The van der Waals surface area contributed by atoms with Gasteiger partial charge >= 0.3 is 0 Å². The number of hydrazine groups is 1. The van der Waals surface area contributed by atoms with Crippen molar-refractivity contribution in [3.05, 3.63) is 35.9 Å². The van der Waals surface area contributed by atoms with Crippen LogP contribution in [0.1, 0.15) is 12.5 Å². The molecule has 1 unspecified atom stereocenters. The number of rotatable bonds is 4. The molecule has 0 saturated carbocycles. The van der Waals surface area contributed by atoms with Crippen molar-refractivity contribution < 1.29 is 9.84 Å². The molecule has 1 aliphatic rings. The summed E-state index contributed by atoms with van der Waals surface area (Å²) in [6.45, 7) is 2.99. The lowest BCUT2D eigenvalue weighted by Gasteiger charge is -2.22. The molecular formula is C13H18N2O2. The van der Waals surface area contributed by atoms with Gasteiger partial charge in [0.2, 0.25) is 0 Å². The van der Waals surface area contributed by atoms with Crippen LogP contribution in [0, 0.1) is 0 Å². The molecule has 1 aromatic carbocycles. The monoisotopic (exact) mass is 234 g/mol. The molecule has 1 aliphatic heterocycles. The highest BCUT2D eigenvalue weighted by Crippen LogP contribution is 2.30. The Bertz CT molecular complexity index is 418. The second-order valence-corrected chi connectivity index (χ2v) is 3.91. The first kappa shape index (κ1) is 12.0. The molecule has 0 aliphatic carbocycles. The van der Waals surface area contributed by atoms with E-state index in [9.17, 15) is 5.11 Å². The van der Waals surface area contributed by atoms with E-state index in [2.05, 4.69) is 12.3 Å². The molecule has 2 rings (SSSR count). The maximum absolute atomic E-state index is 9.21. The Morgan fingerprint density at radius 2 is 2.18 bits per heavy atom. The molecule has 0 aromatic heterocycles.